The molecule has 2 aromatic rings. The predicted molar refractivity (Wildman–Crippen MR) is 73.7 cm³/mol. The molecule has 0 saturated carbocycles. The topological polar surface area (TPSA) is 46.0 Å². The SMILES string of the molecule is CCCc1nnsc1C(O)Cc1cccc(C)c1. The van der Waals surface area contributed by atoms with Crippen molar-refractivity contribution in [3.05, 3.63) is 46.0 Å². The Kier molecular flexibility index (Phi) is 4.44. The van der Waals surface area contributed by atoms with Gasteiger partial charge >= 0.3 is 0 Å². The molecule has 1 heterocycles. The highest BCUT2D eigenvalue weighted by molar-refractivity contribution is 7.05. The van der Waals surface area contributed by atoms with Crippen LogP contribution in [0.5, 0.6) is 0 Å². The van der Waals surface area contributed by atoms with Gasteiger partial charge in [0.05, 0.1) is 16.7 Å². The summed E-state index contributed by atoms with van der Waals surface area (Å²) in [6, 6.07) is 8.24. The Morgan fingerprint density at radius 2 is 2.22 bits per heavy atom. The number of aliphatic hydroxyl groups is 1. The van der Waals surface area contributed by atoms with E-state index in [0.717, 1.165) is 29.0 Å². The third-order valence-electron chi connectivity index (χ3n) is 2.89. The van der Waals surface area contributed by atoms with Gasteiger partial charge in [-0.3, -0.25) is 0 Å². The van der Waals surface area contributed by atoms with E-state index in [2.05, 4.69) is 35.6 Å². The number of benzene rings is 1. The zero-order chi connectivity index (χ0) is 13.0. The highest BCUT2D eigenvalue weighted by Gasteiger charge is 2.16. The monoisotopic (exact) mass is 262 g/mol. The van der Waals surface area contributed by atoms with Crippen LogP contribution in [0, 0.1) is 6.92 Å². The molecule has 1 atom stereocenters. The Hall–Kier alpha value is -1.26. The number of aliphatic hydroxyl groups excluding tert-OH is 1. The Balaban J connectivity index is 2.11. The van der Waals surface area contributed by atoms with E-state index in [-0.39, 0.29) is 0 Å². The van der Waals surface area contributed by atoms with Gasteiger partial charge < -0.3 is 5.11 Å². The molecule has 96 valence electrons. The van der Waals surface area contributed by atoms with Gasteiger partial charge in [0.25, 0.3) is 0 Å². The van der Waals surface area contributed by atoms with Gasteiger partial charge in [-0.05, 0) is 30.4 Å². The molecule has 2 rings (SSSR count). The van der Waals surface area contributed by atoms with Crippen molar-refractivity contribution in [1.82, 2.24) is 9.59 Å². The van der Waals surface area contributed by atoms with Gasteiger partial charge in [0.15, 0.2) is 0 Å². The van der Waals surface area contributed by atoms with Gasteiger partial charge in [0.1, 0.15) is 0 Å². The average molecular weight is 262 g/mol. The van der Waals surface area contributed by atoms with E-state index in [0.29, 0.717) is 6.42 Å². The standard InChI is InChI=1S/C14H18N2OS/c1-3-5-12-14(18-16-15-12)13(17)9-11-7-4-6-10(2)8-11/h4,6-8,13,17H,3,5,9H2,1-2H3. The first-order valence-corrected chi connectivity index (χ1v) is 7.02. The van der Waals surface area contributed by atoms with Crippen molar-refractivity contribution < 1.29 is 5.11 Å². The minimum Gasteiger partial charge on any atom is -0.387 e. The van der Waals surface area contributed by atoms with Gasteiger partial charge in [-0.1, -0.05) is 47.7 Å². The van der Waals surface area contributed by atoms with E-state index in [1.165, 1.54) is 17.1 Å². The van der Waals surface area contributed by atoms with Crippen molar-refractivity contribution in [2.24, 2.45) is 0 Å². The van der Waals surface area contributed by atoms with Crippen LogP contribution in [0.4, 0.5) is 0 Å². The summed E-state index contributed by atoms with van der Waals surface area (Å²) in [5.74, 6) is 0. The van der Waals surface area contributed by atoms with Crippen LogP contribution >= 0.6 is 11.5 Å². The van der Waals surface area contributed by atoms with Crippen LogP contribution in [-0.4, -0.2) is 14.7 Å². The number of hydrogen-bond donors (Lipinski definition) is 1. The van der Waals surface area contributed by atoms with Crippen molar-refractivity contribution in [1.29, 1.82) is 0 Å². The lowest BCUT2D eigenvalue weighted by molar-refractivity contribution is 0.181. The van der Waals surface area contributed by atoms with Crippen LogP contribution in [0.15, 0.2) is 24.3 Å². The molecule has 18 heavy (non-hydrogen) atoms. The molecule has 1 aromatic heterocycles. The smallest absolute Gasteiger partial charge is 0.0957 e. The molecule has 1 unspecified atom stereocenters. The van der Waals surface area contributed by atoms with Gasteiger partial charge in [-0.15, -0.1) is 5.10 Å². The van der Waals surface area contributed by atoms with Crippen molar-refractivity contribution in [2.75, 3.05) is 0 Å². The van der Waals surface area contributed by atoms with Crippen molar-refractivity contribution in [2.45, 2.75) is 39.2 Å². The summed E-state index contributed by atoms with van der Waals surface area (Å²) in [6.45, 7) is 4.17. The molecule has 0 aliphatic rings. The second-order valence-electron chi connectivity index (χ2n) is 4.54. The molecule has 0 bridgehead atoms. The molecule has 0 radical (unpaired) electrons. The van der Waals surface area contributed by atoms with Crippen molar-refractivity contribution in [3.63, 3.8) is 0 Å². The van der Waals surface area contributed by atoms with Gasteiger partial charge in [-0.25, -0.2) is 0 Å². The second kappa shape index (κ2) is 6.07. The number of nitrogens with zero attached hydrogens (tertiary/aromatic N) is 2. The second-order valence-corrected chi connectivity index (χ2v) is 5.33. The first-order valence-electron chi connectivity index (χ1n) is 6.25. The van der Waals surface area contributed by atoms with E-state index >= 15 is 0 Å². The number of hydrogen-bond acceptors (Lipinski definition) is 4. The molecule has 1 aromatic carbocycles. The summed E-state index contributed by atoms with van der Waals surface area (Å²) < 4.78 is 3.95. The molecule has 0 amide bonds. The van der Waals surface area contributed by atoms with Crippen LogP contribution in [-0.2, 0) is 12.8 Å². The molecule has 1 N–H and O–H groups in total. The van der Waals surface area contributed by atoms with Crippen LogP contribution < -0.4 is 0 Å². The van der Waals surface area contributed by atoms with Crippen LogP contribution in [0.25, 0.3) is 0 Å². The quantitative estimate of drug-likeness (QED) is 0.900. The summed E-state index contributed by atoms with van der Waals surface area (Å²) in [5.41, 5.74) is 3.32. The van der Waals surface area contributed by atoms with E-state index in [1.54, 1.807) is 0 Å². The first kappa shape index (κ1) is 13.2. The maximum Gasteiger partial charge on any atom is 0.0957 e. The number of aryl methyl sites for hydroxylation is 2. The predicted octanol–water partition coefficient (Wildman–Crippen LogP) is 3.08. The van der Waals surface area contributed by atoms with E-state index in [1.807, 2.05) is 12.1 Å². The van der Waals surface area contributed by atoms with Crippen LogP contribution in [0.2, 0.25) is 0 Å². The summed E-state index contributed by atoms with van der Waals surface area (Å²) in [7, 11) is 0. The van der Waals surface area contributed by atoms with Crippen molar-refractivity contribution >= 4 is 11.5 Å². The van der Waals surface area contributed by atoms with Gasteiger partial charge in [0, 0.05) is 6.42 Å². The molecule has 0 fully saturated rings. The Morgan fingerprint density at radius 1 is 1.39 bits per heavy atom. The number of aromatic nitrogens is 2. The van der Waals surface area contributed by atoms with Gasteiger partial charge in [0.2, 0.25) is 0 Å². The molecule has 4 heteroatoms. The molecule has 0 saturated heterocycles. The lowest BCUT2D eigenvalue weighted by Gasteiger charge is -2.10. The average Bonchev–Trinajstić information content (AvgIpc) is 2.78. The zero-order valence-electron chi connectivity index (χ0n) is 10.8. The summed E-state index contributed by atoms with van der Waals surface area (Å²) >= 11 is 1.31. The van der Waals surface area contributed by atoms with E-state index in [4.69, 9.17) is 0 Å². The van der Waals surface area contributed by atoms with Gasteiger partial charge in [-0.2, -0.15) is 0 Å². The fourth-order valence-electron chi connectivity index (χ4n) is 2.03. The molecular formula is C14H18N2OS. The third kappa shape index (κ3) is 3.15. The number of rotatable bonds is 5. The maximum absolute atomic E-state index is 10.3. The van der Waals surface area contributed by atoms with E-state index < -0.39 is 6.10 Å². The molecule has 0 aliphatic heterocycles. The summed E-state index contributed by atoms with van der Waals surface area (Å²) in [6.07, 6.45) is 2.04. The first-order chi connectivity index (χ1) is 8.70. The Morgan fingerprint density at radius 3 is 2.94 bits per heavy atom. The minimum atomic E-state index is -0.492. The fraction of sp³-hybridized carbons (Fsp3) is 0.429. The molecular weight excluding hydrogens is 244 g/mol. The Bertz CT molecular complexity index is 510. The normalized spacial score (nSPS) is 12.6. The third-order valence-corrected chi connectivity index (χ3v) is 3.75. The molecule has 0 spiro atoms. The highest BCUT2D eigenvalue weighted by Crippen LogP contribution is 2.25. The largest absolute Gasteiger partial charge is 0.387 e. The maximum atomic E-state index is 10.3. The van der Waals surface area contributed by atoms with Crippen LogP contribution in [0.1, 0.15) is 41.1 Å². The molecule has 0 aliphatic carbocycles. The lowest BCUT2D eigenvalue weighted by atomic mass is 10.0. The Labute approximate surface area is 112 Å². The lowest BCUT2D eigenvalue weighted by Crippen LogP contribution is -2.03. The van der Waals surface area contributed by atoms with Crippen molar-refractivity contribution in [3.8, 4) is 0 Å². The highest BCUT2D eigenvalue weighted by atomic mass is 32.1. The van der Waals surface area contributed by atoms with E-state index in [9.17, 15) is 5.11 Å². The minimum absolute atomic E-state index is 0.492. The van der Waals surface area contributed by atoms with Crippen LogP contribution in [0.3, 0.4) is 0 Å². The zero-order valence-corrected chi connectivity index (χ0v) is 11.6. The molecule has 3 nitrogen and oxygen atoms in total. The summed E-state index contributed by atoms with van der Waals surface area (Å²) in [5, 5.41) is 14.4. The fourth-order valence-corrected chi connectivity index (χ4v) is 2.71. The summed E-state index contributed by atoms with van der Waals surface area (Å²) in [4.78, 5) is 0.915.